The van der Waals surface area contributed by atoms with Crippen molar-refractivity contribution in [2.45, 2.75) is 25.7 Å². The highest BCUT2D eigenvalue weighted by Gasteiger charge is 2.25. The minimum Gasteiger partial charge on any atom is -0.495 e. The van der Waals surface area contributed by atoms with Crippen molar-refractivity contribution in [3.8, 4) is 5.75 Å². The Kier molecular flexibility index (Phi) is 6.30. The van der Waals surface area contributed by atoms with E-state index in [-0.39, 0.29) is 17.4 Å². The highest BCUT2D eigenvalue weighted by molar-refractivity contribution is 6.02. The first-order valence-electron chi connectivity index (χ1n) is 10.9. The van der Waals surface area contributed by atoms with E-state index in [0.29, 0.717) is 5.69 Å². The first-order chi connectivity index (χ1) is 15.1. The summed E-state index contributed by atoms with van der Waals surface area (Å²) in [5.41, 5.74) is 2.44. The van der Waals surface area contributed by atoms with Crippen molar-refractivity contribution in [2.75, 3.05) is 48.4 Å². The van der Waals surface area contributed by atoms with Gasteiger partial charge in [-0.05, 0) is 43.2 Å². The first-order valence-corrected chi connectivity index (χ1v) is 10.9. The molecule has 4 rings (SSSR count). The minimum absolute atomic E-state index is 0.00984. The van der Waals surface area contributed by atoms with Gasteiger partial charge in [-0.25, -0.2) is 4.79 Å². The molecule has 2 aromatic rings. The van der Waals surface area contributed by atoms with E-state index in [1.54, 1.807) is 19.2 Å². The molecule has 1 saturated heterocycles. The number of para-hydroxylation sites is 2. The fraction of sp³-hybridized carbons (Fsp3) is 0.417. The summed E-state index contributed by atoms with van der Waals surface area (Å²) in [6.45, 7) is 3.15. The van der Waals surface area contributed by atoms with Gasteiger partial charge < -0.3 is 25.0 Å². The Balaban J connectivity index is 1.46. The number of anilines is 3. The van der Waals surface area contributed by atoms with Crippen molar-refractivity contribution in [1.29, 1.82) is 0 Å². The van der Waals surface area contributed by atoms with Gasteiger partial charge in [0.1, 0.15) is 5.75 Å². The zero-order valence-corrected chi connectivity index (χ0v) is 17.8. The molecule has 2 fully saturated rings. The molecule has 1 amide bonds. The highest BCUT2D eigenvalue weighted by atomic mass is 16.5. The van der Waals surface area contributed by atoms with Crippen molar-refractivity contribution in [3.63, 3.8) is 0 Å². The van der Waals surface area contributed by atoms with Crippen molar-refractivity contribution >= 4 is 28.9 Å². The zero-order chi connectivity index (χ0) is 21.8. The average Bonchev–Trinajstić information content (AvgIpc) is 3.34. The lowest BCUT2D eigenvalue weighted by atomic mass is 10.1. The van der Waals surface area contributed by atoms with E-state index < -0.39 is 5.97 Å². The van der Waals surface area contributed by atoms with Crippen LogP contribution in [0.4, 0.5) is 17.1 Å². The fourth-order valence-electron chi connectivity index (χ4n) is 4.53. The van der Waals surface area contributed by atoms with Crippen LogP contribution in [0.15, 0.2) is 42.5 Å². The van der Waals surface area contributed by atoms with Gasteiger partial charge in [0, 0.05) is 37.8 Å². The molecule has 7 heteroatoms. The van der Waals surface area contributed by atoms with Crippen LogP contribution in [0, 0.1) is 5.92 Å². The number of nitrogens with one attached hydrogen (secondary N) is 1. The predicted molar refractivity (Wildman–Crippen MR) is 121 cm³/mol. The number of hydrogen-bond acceptors (Lipinski definition) is 5. The summed E-state index contributed by atoms with van der Waals surface area (Å²) < 4.78 is 5.48. The molecule has 0 radical (unpaired) electrons. The molecule has 0 aromatic heterocycles. The second kappa shape index (κ2) is 9.29. The monoisotopic (exact) mass is 423 g/mol. The largest absolute Gasteiger partial charge is 0.495 e. The number of carboxylic acid groups (broad SMARTS) is 1. The normalized spacial score (nSPS) is 16.9. The molecule has 2 aromatic carbocycles. The summed E-state index contributed by atoms with van der Waals surface area (Å²) in [5.74, 6) is -0.259. The lowest BCUT2D eigenvalue weighted by Gasteiger charge is -2.38. The molecule has 7 nitrogen and oxygen atoms in total. The molecule has 0 unspecified atom stereocenters. The van der Waals surface area contributed by atoms with E-state index in [1.807, 2.05) is 24.3 Å². The van der Waals surface area contributed by atoms with E-state index in [2.05, 4.69) is 21.2 Å². The van der Waals surface area contributed by atoms with Crippen LogP contribution >= 0.6 is 0 Å². The molecule has 31 heavy (non-hydrogen) atoms. The van der Waals surface area contributed by atoms with E-state index in [0.717, 1.165) is 69.0 Å². The summed E-state index contributed by atoms with van der Waals surface area (Å²) in [6, 6.07) is 13.3. The lowest BCUT2D eigenvalue weighted by Crippen LogP contribution is -2.46. The Bertz CT molecular complexity index is 948. The number of methoxy groups -OCH3 is 1. The average molecular weight is 424 g/mol. The number of carboxylic acids is 1. The smallest absolute Gasteiger partial charge is 0.337 e. The van der Waals surface area contributed by atoms with Crippen LogP contribution in [0.2, 0.25) is 0 Å². The van der Waals surface area contributed by atoms with Crippen LogP contribution in [-0.4, -0.2) is 50.3 Å². The first kappa shape index (κ1) is 21.0. The number of carbonyl (C=O) groups excluding carboxylic acids is 1. The second-order valence-electron chi connectivity index (χ2n) is 8.15. The highest BCUT2D eigenvalue weighted by Crippen LogP contribution is 2.31. The third-order valence-electron chi connectivity index (χ3n) is 6.29. The zero-order valence-electron chi connectivity index (χ0n) is 17.8. The van der Waals surface area contributed by atoms with Crippen LogP contribution in [0.3, 0.4) is 0 Å². The number of ether oxygens (including phenoxy) is 1. The van der Waals surface area contributed by atoms with Gasteiger partial charge in [0.15, 0.2) is 0 Å². The lowest BCUT2D eigenvalue weighted by molar-refractivity contribution is -0.119. The van der Waals surface area contributed by atoms with Crippen molar-refractivity contribution in [3.05, 3.63) is 48.0 Å². The standard InChI is InChI=1S/C24H29N3O4/c1-31-22-9-5-4-8-21(22)27-14-12-26(13-15-27)18-10-11-20(19(16-18)24(29)30)25-23(28)17-6-2-3-7-17/h4-5,8-11,16-17H,2-3,6-7,12-15H2,1H3,(H,25,28)(H,29,30). The summed E-state index contributed by atoms with van der Waals surface area (Å²) >= 11 is 0. The molecule has 1 aliphatic carbocycles. The maximum atomic E-state index is 12.5. The number of amides is 1. The van der Waals surface area contributed by atoms with Gasteiger partial charge in [-0.15, -0.1) is 0 Å². The Morgan fingerprint density at radius 1 is 1.00 bits per heavy atom. The van der Waals surface area contributed by atoms with E-state index in [1.165, 1.54) is 0 Å². The van der Waals surface area contributed by atoms with Crippen LogP contribution < -0.4 is 19.9 Å². The minimum atomic E-state index is -1.03. The number of benzene rings is 2. The Labute approximate surface area is 182 Å². The Hall–Kier alpha value is -3.22. The van der Waals surface area contributed by atoms with Crippen molar-refractivity contribution in [2.24, 2.45) is 5.92 Å². The summed E-state index contributed by atoms with van der Waals surface area (Å²) in [4.78, 5) is 28.8. The number of hydrogen-bond donors (Lipinski definition) is 2. The number of aromatic carboxylic acids is 1. The topological polar surface area (TPSA) is 82.1 Å². The van der Waals surface area contributed by atoms with Crippen LogP contribution in [0.25, 0.3) is 0 Å². The van der Waals surface area contributed by atoms with Gasteiger partial charge in [0.05, 0.1) is 24.0 Å². The molecule has 0 atom stereocenters. The molecule has 1 heterocycles. The fourth-order valence-corrected chi connectivity index (χ4v) is 4.53. The van der Waals surface area contributed by atoms with Gasteiger partial charge >= 0.3 is 5.97 Å². The number of nitrogens with zero attached hydrogens (tertiary/aromatic N) is 2. The molecule has 164 valence electrons. The van der Waals surface area contributed by atoms with Crippen molar-refractivity contribution < 1.29 is 19.4 Å². The Morgan fingerprint density at radius 3 is 2.35 bits per heavy atom. The Morgan fingerprint density at radius 2 is 1.68 bits per heavy atom. The number of piperazine rings is 1. The van der Waals surface area contributed by atoms with Crippen LogP contribution in [-0.2, 0) is 4.79 Å². The van der Waals surface area contributed by atoms with Gasteiger partial charge in [-0.1, -0.05) is 25.0 Å². The second-order valence-corrected chi connectivity index (χ2v) is 8.15. The number of rotatable bonds is 6. The van der Waals surface area contributed by atoms with Crippen LogP contribution in [0.5, 0.6) is 5.75 Å². The summed E-state index contributed by atoms with van der Waals surface area (Å²) in [5, 5.41) is 12.6. The van der Waals surface area contributed by atoms with Gasteiger partial charge in [0.25, 0.3) is 0 Å². The van der Waals surface area contributed by atoms with Gasteiger partial charge in [-0.2, -0.15) is 0 Å². The molecule has 0 spiro atoms. The van der Waals surface area contributed by atoms with E-state index in [4.69, 9.17) is 4.74 Å². The van der Waals surface area contributed by atoms with E-state index in [9.17, 15) is 14.7 Å². The number of carbonyl (C=O) groups is 2. The molecule has 2 N–H and O–H groups in total. The summed E-state index contributed by atoms with van der Waals surface area (Å²) in [7, 11) is 1.68. The van der Waals surface area contributed by atoms with Crippen molar-refractivity contribution in [1.82, 2.24) is 0 Å². The maximum absolute atomic E-state index is 12.5. The molecule has 0 bridgehead atoms. The third-order valence-corrected chi connectivity index (χ3v) is 6.29. The molecule has 2 aliphatic rings. The molecular formula is C24H29N3O4. The molecular weight excluding hydrogens is 394 g/mol. The van der Waals surface area contributed by atoms with Gasteiger partial charge in [0.2, 0.25) is 5.91 Å². The maximum Gasteiger partial charge on any atom is 0.337 e. The van der Waals surface area contributed by atoms with Gasteiger partial charge in [-0.3, -0.25) is 4.79 Å². The summed E-state index contributed by atoms with van der Waals surface area (Å²) in [6.07, 6.45) is 3.87. The molecule has 1 saturated carbocycles. The third kappa shape index (κ3) is 4.60. The van der Waals surface area contributed by atoms with E-state index >= 15 is 0 Å². The SMILES string of the molecule is COc1ccccc1N1CCN(c2ccc(NC(=O)C3CCCC3)c(C(=O)O)c2)CC1. The predicted octanol–water partition coefficient (Wildman–Crippen LogP) is 3.85. The molecule has 1 aliphatic heterocycles. The van der Waals surface area contributed by atoms with Crippen LogP contribution in [0.1, 0.15) is 36.0 Å². The quantitative estimate of drug-likeness (QED) is 0.735.